The Labute approximate surface area is 107 Å². The lowest BCUT2D eigenvalue weighted by Crippen LogP contribution is -2.36. The van der Waals surface area contributed by atoms with Crippen molar-refractivity contribution < 1.29 is 19.4 Å². The van der Waals surface area contributed by atoms with Gasteiger partial charge in [0.25, 0.3) is 0 Å². The lowest BCUT2D eigenvalue weighted by Gasteiger charge is -2.19. The van der Waals surface area contributed by atoms with E-state index in [0.29, 0.717) is 0 Å². The number of hydrogen-bond donors (Lipinski definition) is 1. The summed E-state index contributed by atoms with van der Waals surface area (Å²) in [5.74, 6) is -3.77. The van der Waals surface area contributed by atoms with Crippen LogP contribution in [0.3, 0.4) is 0 Å². The second-order valence-electron chi connectivity index (χ2n) is 4.72. The van der Waals surface area contributed by atoms with Crippen LogP contribution >= 0.6 is 0 Å². The smallest absolute Gasteiger partial charge is 0.248 e. The second kappa shape index (κ2) is 5.91. The predicted octanol–water partition coefficient (Wildman–Crippen LogP) is 2.20. The first-order chi connectivity index (χ1) is 8.39. The first kappa shape index (κ1) is 15.3. The van der Waals surface area contributed by atoms with E-state index in [2.05, 4.69) is 0 Å². The van der Waals surface area contributed by atoms with Crippen LogP contribution in [0, 0.1) is 5.92 Å². The van der Waals surface area contributed by atoms with Gasteiger partial charge in [0.2, 0.25) is 11.8 Å². The van der Waals surface area contributed by atoms with Crippen LogP contribution in [0.25, 0.3) is 0 Å². The normalized spacial score (nSPS) is 34.1. The summed E-state index contributed by atoms with van der Waals surface area (Å²) in [5.41, 5.74) is 5.44. The highest BCUT2D eigenvalue weighted by Gasteiger charge is 2.45. The lowest BCUT2D eigenvalue weighted by atomic mass is 10.1. The second-order valence-corrected chi connectivity index (χ2v) is 4.72. The molecule has 1 aliphatic heterocycles. The van der Waals surface area contributed by atoms with E-state index in [4.69, 9.17) is 5.73 Å². The van der Waals surface area contributed by atoms with Crippen LogP contribution in [0.2, 0.25) is 0 Å². The van der Waals surface area contributed by atoms with Gasteiger partial charge in [0.1, 0.15) is 6.17 Å². The summed E-state index contributed by atoms with van der Waals surface area (Å²) in [6.07, 6.45) is -1.70. The van der Waals surface area contributed by atoms with Gasteiger partial charge in [-0.25, -0.2) is 13.2 Å². The van der Waals surface area contributed by atoms with E-state index in [9.17, 15) is 18.0 Å². The van der Waals surface area contributed by atoms with Crippen molar-refractivity contribution in [3.8, 4) is 0 Å². The molecule has 108 valence electrons. The monoisotopic (exact) mass is 268 g/mol. The van der Waals surface area contributed by atoms with E-state index in [1.165, 1.54) is 4.90 Å². The van der Waals surface area contributed by atoms with Crippen molar-refractivity contribution in [3.05, 3.63) is 0 Å². The molecule has 2 N–H and O–H groups in total. The number of nitrogens with zero attached hydrogens (tertiary/aromatic N) is 1. The third-order valence-electron chi connectivity index (χ3n) is 3.36. The van der Waals surface area contributed by atoms with Gasteiger partial charge >= 0.3 is 0 Å². The summed E-state index contributed by atoms with van der Waals surface area (Å²) in [5, 5.41) is 0. The first-order valence-electron chi connectivity index (χ1n) is 6.45. The van der Waals surface area contributed by atoms with Gasteiger partial charge in [0.15, 0.2) is 0 Å². The zero-order chi connectivity index (χ0) is 13.9. The van der Waals surface area contributed by atoms with Crippen LogP contribution in [0.15, 0.2) is 0 Å². The average molecular weight is 268 g/mol. The van der Waals surface area contributed by atoms with E-state index in [1.807, 2.05) is 13.8 Å². The highest BCUT2D eigenvalue weighted by Crippen LogP contribution is 2.39. The molecule has 18 heavy (non-hydrogen) atoms. The topological polar surface area (TPSA) is 46.3 Å². The maximum Gasteiger partial charge on any atom is 0.248 e. The summed E-state index contributed by atoms with van der Waals surface area (Å²) in [6, 6.07) is -0.675. The van der Waals surface area contributed by atoms with E-state index < -0.39 is 30.5 Å². The minimum Gasteiger partial charge on any atom is -0.338 e. The van der Waals surface area contributed by atoms with Crippen LogP contribution < -0.4 is 5.73 Å². The molecule has 1 saturated carbocycles. The van der Waals surface area contributed by atoms with Gasteiger partial charge in [-0.15, -0.1) is 0 Å². The molecule has 0 aromatic carbocycles. The number of carbonyl (C=O) groups excluding carboxylic acids is 1. The Kier molecular flexibility index (Phi) is 5.01. The highest BCUT2D eigenvalue weighted by atomic mass is 19.3. The molecule has 0 aromatic heterocycles. The van der Waals surface area contributed by atoms with Crippen molar-refractivity contribution in [1.82, 2.24) is 4.90 Å². The molecule has 2 aliphatic rings. The number of nitrogens with two attached hydrogens (primary N) is 1. The van der Waals surface area contributed by atoms with E-state index in [-0.39, 0.29) is 33.3 Å². The van der Waals surface area contributed by atoms with Crippen molar-refractivity contribution in [2.75, 3.05) is 13.1 Å². The molecule has 0 bridgehead atoms. The third-order valence-corrected chi connectivity index (χ3v) is 3.36. The Balaban J connectivity index is 0.00000103. The number of alkyl halides is 3. The molecule has 1 aliphatic carbocycles. The summed E-state index contributed by atoms with van der Waals surface area (Å²) in [7, 11) is 0. The van der Waals surface area contributed by atoms with Crippen LogP contribution in [-0.2, 0) is 4.79 Å². The van der Waals surface area contributed by atoms with Crippen molar-refractivity contribution in [3.63, 3.8) is 0 Å². The van der Waals surface area contributed by atoms with Crippen LogP contribution in [0.5, 0.6) is 0 Å². The van der Waals surface area contributed by atoms with Gasteiger partial charge in [-0.2, -0.15) is 0 Å². The molecular weight excluding hydrogens is 245 g/mol. The number of halogens is 3. The molecule has 1 amide bonds. The SMILES string of the molecule is CC.N[C@@H]1CN(C(=O)C2CCC(F)(F)C2)CC1F.[HH]. The molecule has 2 unspecified atom stereocenters. The lowest BCUT2D eigenvalue weighted by molar-refractivity contribution is -0.135. The van der Waals surface area contributed by atoms with Crippen LogP contribution in [0.1, 0.15) is 34.5 Å². The maximum absolute atomic E-state index is 13.1. The number of rotatable bonds is 1. The summed E-state index contributed by atoms with van der Waals surface area (Å²) in [6.45, 7) is 4.09. The summed E-state index contributed by atoms with van der Waals surface area (Å²) < 4.78 is 39.0. The Bertz CT molecular complexity index is 291. The third kappa shape index (κ3) is 3.37. The molecule has 0 radical (unpaired) electrons. The predicted molar refractivity (Wildman–Crippen MR) is 65.2 cm³/mol. The fourth-order valence-electron chi connectivity index (χ4n) is 2.39. The highest BCUT2D eigenvalue weighted by molar-refractivity contribution is 5.79. The zero-order valence-electron chi connectivity index (χ0n) is 10.8. The number of carbonyl (C=O) groups is 1. The van der Waals surface area contributed by atoms with Crippen LogP contribution in [-0.4, -0.2) is 42.0 Å². The Morgan fingerprint density at radius 3 is 2.39 bits per heavy atom. The fraction of sp³-hybridized carbons (Fsp3) is 0.917. The van der Waals surface area contributed by atoms with Gasteiger partial charge < -0.3 is 10.6 Å². The van der Waals surface area contributed by atoms with Crippen molar-refractivity contribution >= 4 is 5.91 Å². The zero-order valence-corrected chi connectivity index (χ0v) is 10.8. The van der Waals surface area contributed by atoms with E-state index in [1.54, 1.807) is 0 Å². The van der Waals surface area contributed by atoms with Gasteiger partial charge in [-0.05, 0) is 6.42 Å². The number of hydrogen-bond acceptors (Lipinski definition) is 2. The number of likely N-dealkylation sites (tertiary alicyclic amines) is 1. The molecule has 0 spiro atoms. The molecule has 1 saturated heterocycles. The Morgan fingerprint density at radius 2 is 2.00 bits per heavy atom. The van der Waals surface area contributed by atoms with Gasteiger partial charge in [0, 0.05) is 26.7 Å². The van der Waals surface area contributed by atoms with Gasteiger partial charge in [-0.1, -0.05) is 13.8 Å². The summed E-state index contributed by atoms with van der Waals surface area (Å²) >= 11 is 0. The van der Waals surface area contributed by atoms with Gasteiger partial charge in [0.05, 0.1) is 12.6 Å². The first-order valence-corrected chi connectivity index (χ1v) is 6.45. The van der Waals surface area contributed by atoms with Crippen molar-refractivity contribution in [2.24, 2.45) is 11.7 Å². The largest absolute Gasteiger partial charge is 0.338 e. The molecular formula is C12H23F3N2O. The fourth-order valence-corrected chi connectivity index (χ4v) is 2.39. The Morgan fingerprint density at radius 1 is 1.39 bits per heavy atom. The van der Waals surface area contributed by atoms with Crippen molar-refractivity contribution in [2.45, 2.75) is 51.2 Å². The average Bonchev–Trinajstić information content (AvgIpc) is 2.85. The molecule has 2 rings (SSSR count). The minimum absolute atomic E-state index is 0. The molecule has 2 fully saturated rings. The van der Waals surface area contributed by atoms with Gasteiger partial charge in [-0.3, -0.25) is 4.79 Å². The minimum atomic E-state index is -2.74. The molecule has 1 heterocycles. The molecule has 3 atom stereocenters. The van der Waals surface area contributed by atoms with E-state index in [0.717, 1.165) is 0 Å². The van der Waals surface area contributed by atoms with Crippen molar-refractivity contribution in [1.29, 1.82) is 0 Å². The standard InChI is InChI=1S/C10H15F3N2O.C2H6.H2/c11-7-4-15(5-8(7)14)9(16)6-1-2-10(12,13)3-6;1-2;/h6-8H,1-5,14H2;1-2H3;1H/t6?,7?,8-;;/m1../s1. The molecule has 0 aromatic rings. The Hall–Kier alpha value is -0.780. The van der Waals surface area contributed by atoms with Crippen LogP contribution in [0.4, 0.5) is 13.2 Å². The molecule has 6 heteroatoms. The quantitative estimate of drug-likeness (QED) is 0.792. The number of amides is 1. The molecule has 3 nitrogen and oxygen atoms in total. The maximum atomic E-state index is 13.1. The van der Waals surface area contributed by atoms with E-state index >= 15 is 0 Å². The summed E-state index contributed by atoms with van der Waals surface area (Å²) in [4.78, 5) is 13.1.